The Balaban J connectivity index is 1.50. The second-order valence-corrected chi connectivity index (χ2v) is 6.55. The molecule has 0 aliphatic rings. The highest BCUT2D eigenvalue weighted by Crippen LogP contribution is 2.18. The summed E-state index contributed by atoms with van der Waals surface area (Å²) in [6, 6.07) is 26.1. The first-order chi connectivity index (χ1) is 14.6. The van der Waals surface area contributed by atoms with E-state index in [4.69, 9.17) is 0 Å². The Morgan fingerprint density at radius 2 is 1.53 bits per heavy atom. The SMILES string of the molecule is N#C/C(=C/Nc1ccc(Nc2ccccc2)cc1)C(=O)NCCc1ccc(O)cc1. The van der Waals surface area contributed by atoms with E-state index in [1.165, 1.54) is 6.20 Å². The maximum atomic E-state index is 12.2. The highest BCUT2D eigenvalue weighted by molar-refractivity contribution is 5.97. The van der Waals surface area contributed by atoms with Gasteiger partial charge in [0, 0.05) is 29.8 Å². The third kappa shape index (κ3) is 6.14. The van der Waals surface area contributed by atoms with Crippen molar-refractivity contribution in [3.8, 4) is 11.8 Å². The van der Waals surface area contributed by atoms with Gasteiger partial charge in [0.1, 0.15) is 17.4 Å². The summed E-state index contributed by atoms with van der Waals surface area (Å²) >= 11 is 0. The number of phenolic OH excluding ortho intramolecular Hbond substituents is 1. The Morgan fingerprint density at radius 3 is 2.20 bits per heavy atom. The van der Waals surface area contributed by atoms with Gasteiger partial charge in [0.25, 0.3) is 5.91 Å². The van der Waals surface area contributed by atoms with Crippen molar-refractivity contribution in [3.05, 3.63) is 96.2 Å². The molecule has 0 spiro atoms. The minimum atomic E-state index is -0.439. The van der Waals surface area contributed by atoms with Gasteiger partial charge in [0.05, 0.1) is 0 Å². The van der Waals surface area contributed by atoms with Crippen LogP contribution < -0.4 is 16.0 Å². The van der Waals surface area contributed by atoms with Crippen LogP contribution in [-0.2, 0) is 11.2 Å². The number of hydrogen-bond acceptors (Lipinski definition) is 5. The summed E-state index contributed by atoms with van der Waals surface area (Å²) in [6.07, 6.45) is 2.00. The molecule has 3 aromatic rings. The lowest BCUT2D eigenvalue weighted by atomic mass is 10.1. The number of amides is 1. The van der Waals surface area contributed by atoms with Crippen LogP contribution in [-0.4, -0.2) is 17.6 Å². The zero-order valence-corrected chi connectivity index (χ0v) is 16.3. The van der Waals surface area contributed by atoms with Crippen molar-refractivity contribution in [1.29, 1.82) is 5.26 Å². The third-order valence-electron chi connectivity index (χ3n) is 4.33. The fourth-order valence-corrected chi connectivity index (χ4v) is 2.72. The lowest BCUT2D eigenvalue weighted by molar-refractivity contribution is -0.117. The molecule has 3 aromatic carbocycles. The second-order valence-electron chi connectivity index (χ2n) is 6.55. The van der Waals surface area contributed by atoms with Gasteiger partial charge in [-0.25, -0.2) is 0 Å². The Morgan fingerprint density at radius 1 is 0.900 bits per heavy atom. The number of hydrogen-bond donors (Lipinski definition) is 4. The maximum Gasteiger partial charge on any atom is 0.263 e. The van der Waals surface area contributed by atoms with E-state index in [0.717, 1.165) is 22.6 Å². The Bertz CT molecular complexity index is 1040. The molecule has 0 atom stereocenters. The molecule has 30 heavy (non-hydrogen) atoms. The molecule has 0 aliphatic heterocycles. The van der Waals surface area contributed by atoms with Crippen LogP contribution >= 0.6 is 0 Å². The number of nitriles is 1. The summed E-state index contributed by atoms with van der Waals surface area (Å²) in [6.45, 7) is 0.391. The fourth-order valence-electron chi connectivity index (χ4n) is 2.72. The molecule has 0 aromatic heterocycles. The topological polar surface area (TPSA) is 97.2 Å². The van der Waals surface area contributed by atoms with Crippen molar-refractivity contribution in [2.24, 2.45) is 0 Å². The summed E-state index contributed by atoms with van der Waals surface area (Å²) in [4.78, 5) is 12.2. The molecular formula is C24H22N4O2. The van der Waals surface area contributed by atoms with Gasteiger partial charge in [-0.05, 0) is 60.5 Å². The number of para-hydroxylation sites is 1. The van der Waals surface area contributed by atoms with Gasteiger partial charge in [-0.15, -0.1) is 0 Å². The van der Waals surface area contributed by atoms with Crippen molar-refractivity contribution in [3.63, 3.8) is 0 Å². The molecule has 0 unspecified atom stereocenters. The Labute approximate surface area is 175 Å². The highest BCUT2D eigenvalue weighted by atomic mass is 16.3. The quantitative estimate of drug-likeness (QED) is 0.335. The van der Waals surface area contributed by atoms with Crippen LogP contribution in [0.25, 0.3) is 0 Å². The smallest absolute Gasteiger partial charge is 0.263 e. The summed E-state index contributed by atoms with van der Waals surface area (Å²) in [5, 5.41) is 27.6. The van der Waals surface area contributed by atoms with E-state index in [1.807, 2.05) is 60.7 Å². The van der Waals surface area contributed by atoms with Crippen LogP contribution in [0.2, 0.25) is 0 Å². The molecule has 0 radical (unpaired) electrons. The van der Waals surface area contributed by atoms with Crippen molar-refractivity contribution in [2.45, 2.75) is 6.42 Å². The number of phenols is 1. The summed E-state index contributed by atoms with van der Waals surface area (Å²) in [5.74, 6) is -0.237. The molecule has 3 rings (SSSR count). The first-order valence-corrected chi connectivity index (χ1v) is 9.49. The normalized spacial score (nSPS) is 10.7. The lowest BCUT2D eigenvalue weighted by Gasteiger charge is -2.08. The molecule has 0 aliphatic carbocycles. The molecule has 6 nitrogen and oxygen atoms in total. The van der Waals surface area contributed by atoms with Crippen molar-refractivity contribution >= 4 is 23.0 Å². The summed E-state index contributed by atoms with van der Waals surface area (Å²) in [7, 11) is 0. The van der Waals surface area contributed by atoms with Crippen molar-refractivity contribution < 1.29 is 9.90 Å². The molecule has 1 amide bonds. The van der Waals surface area contributed by atoms with E-state index in [1.54, 1.807) is 24.3 Å². The van der Waals surface area contributed by atoms with Gasteiger partial charge in [0.15, 0.2) is 0 Å². The summed E-state index contributed by atoms with van der Waals surface area (Å²) < 4.78 is 0. The van der Waals surface area contributed by atoms with E-state index in [0.29, 0.717) is 13.0 Å². The predicted octanol–water partition coefficient (Wildman–Crippen LogP) is 4.31. The lowest BCUT2D eigenvalue weighted by Crippen LogP contribution is -2.27. The number of carbonyl (C=O) groups is 1. The molecule has 0 bridgehead atoms. The molecule has 0 heterocycles. The van der Waals surface area contributed by atoms with Crippen molar-refractivity contribution in [2.75, 3.05) is 17.2 Å². The standard InChI is InChI=1S/C24H22N4O2/c25-16-19(24(30)26-15-14-18-6-12-23(29)13-7-18)17-27-20-8-10-22(11-9-20)28-21-4-2-1-3-5-21/h1-13,17,27-29H,14-15H2,(H,26,30)/b19-17-. The third-order valence-corrected chi connectivity index (χ3v) is 4.33. The first-order valence-electron chi connectivity index (χ1n) is 9.49. The number of nitrogens with one attached hydrogen (secondary N) is 3. The zero-order chi connectivity index (χ0) is 21.2. The number of nitrogens with zero attached hydrogens (tertiary/aromatic N) is 1. The van der Waals surface area contributed by atoms with E-state index < -0.39 is 5.91 Å². The van der Waals surface area contributed by atoms with Gasteiger partial charge in [-0.1, -0.05) is 30.3 Å². The largest absolute Gasteiger partial charge is 0.508 e. The zero-order valence-electron chi connectivity index (χ0n) is 16.3. The highest BCUT2D eigenvalue weighted by Gasteiger charge is 2.08. The molecule has 0 saturated carbocycles. The first kappa shape index (κ1) is 20.5. The minimum absolute atomic E-state index is 0.00723. The van der Waals surface area contributed by atoms with Gasteiger partial charge >= 0.3 is 0 Å². The Hall–Kier alpha value is -4.24. The second kappa shape index (κ2) is 10.3. The van der Waals surface area contributed by atoms with Gasteiger partial charge in [-0.3, -0.25) is 4.79 Å². The average molecular weight is 398 g/mol. The van der Waals surface area contributed by atoms with Crippen LogP contribution in [0.15, 0.2) is 90.6 Å². The molecular weight excluding hydrogens is 376 g/mol. The predicted molar refractivity (Wildman–Crippen MR) is 118 cm³/mol. The molecule has 6 heteroatoms. The Kier molecular flexibility index (Phi) is 7.07. The number of carbonyl (C=O) groups excluding carboxylic acids is 1. The minimum Gasteiger partial charge on any atom is -0.508 e. The summed E-state index contributed by atoms with van der Waals surface area (Å²) in [5.41, 5.74) is 3.67. The molecule has 0 fully saturated rings. The van der Waals surface area contributed by atoms with Crippen LogP contribution in [0, 0.1) is 11.3 Å². The monoisotopic (exact) mass is 398 g/mol. The number of aromatic hydroxyl groups is 1. The molecule has 0 saturated heterocycles. The van der Waals surface area contributed by atoms with Crippen molar-refractivity contribution in [1.82, 2.24) is 5.32 Å². The molecule has 150 valence electrons. The molecule has 4 N–H and O–H groups in total. The van der Waals surface area contributed by atoms with Gasteiger partial charge in [-0.2, -0.15) is 5.26 Å². The fraction of sp³-hybridized carbons (Fsp3) is 0.0833. The number of benzene rings is 3. The number of rotatable bonds is 8. The van der Waals surface area contributed by atoms with Crippen LogP contribution in [0.1, 0.15) is 5.56 Å². The maximum absolute atomic E-state index is 12.2. The number of anilines is 3. The van der Waals surface area contributed by atoms with E-state index in [-0.39, 0.29) is 11.3 Å². The van der Waals surface area contributed by atoms with Gasteiger partial charge in [0.2, 0.25) is 0 Å². The van der Waals surface area contributed by atoms with Crippen LogP contribution in [0.3, 0.4) is 0 Å². The van der Waals surface area contributed by atoms with Crippen LogP contribution in [0.5, 0.6) is 5.75 Å². The van der Waals surface area contributed by atoms with E-state index >= 15 is 0 Å². The van der Waals surface area contributed by atoms with Crippen LogP contribution in [0.4, 0.5) is 17.1 Å². The average Bonchev–Trinajstić information content (AvgIpc) is 2.77. The van der Waals surface area contributed by atoms with E-state index in [9.17, 15) is 15.2 Å². The van der Waals surface area contributed by atoms with E-state index in [2.05, 4.69) is 16.0 Å². The van der Waals surface area contributed by atoms with Gasteiger partial charge < -0.3 is 21.1 Å².